The van der Waals surface area contributed by atoms with Gasteiger partial charge in [-0.25, -0.2) is 10.2 Å². The van der Waals surface area contributed by atoms with Crippen LogP contribution in [-0.4, -0.2) is 29.4 Å². The van der Waals surface area contributed by atoms with Gasteiger partial charge in [-0.2, -0.15) is 0 Å². The number of nitrogens with one attached hydrogen (secondary N) is 2. The first-order valence-corrected chi connectivity index (χ1v) is 9.02. The molecule has 2 saturated carbocycles. The Labute approximate surface area is 142 Å². The van der Waals surface area contributed by atoms with E-state index in [-0.39, 0.29) is 11.9 Å². The molecule has 0 spiro atoms. The molecule has 2 heterocycles. The third-order valence-corrected chi connectivity index (χ3v) is 6.04. The van der Waals surface area contributed by atoms with Crippen molar-refractivity contribution in [3.8, 4) is 0 Å². The lowest BCUT2D eigenvalue weighted by Crippen LogP contribution is -2.52. The molecule has 1 aromatic rings. The minimum atomic E-state index is -0.262. The Morgan fingerprint density at radius 1 is 0.958 bits per heavy atom. The van der Waals surface area contributed by atoms with Gasteiger partial charge in [0.25, 0.3) is 5.91 Å². The monoisotopic (exact) mass is 327 g/mol. The Morgan fingerprint density at radius 2 is 1.62 bits per heavy atom. The third kappa shape index (κ3) is 2.87. The van der Waals surface area contributed by atoms with Gasteiger partial charge in [0, 0.05) is 18.2 Å². The molecule has 0 radical (unpaired) electrons. The molecule has 128 valence electrons. The van der Waals surface area contributed by atoms with E-state index in [1.807, 2.05) is 30.0 Å². The maximum atomic E-state index is 12.6. The highest BCUT2D eigenvalue weighted by Crippen LogP contribution is 2.47. The van der Waals surface area contributed by atoms with E-state index in [2.05, 4.69) is 10.9 Å². The predicted octanol–water partition coefficient (Wildman–Crippen LogP) is 2.86. The molecule has 5 heteroatoms. The first-order valence-electron chi connectivity index (χ1n) is 9.02. The lowest BCUT2D eigenvalue weighted by molar-refractivity contribution is 0.0919. The van der Waals surface area contributed by atoms with Gasteiger partial charge in [0.05, 0.1) is 0 Å². The van der Waals surface area contributed by atoms with Gasteiger partial charge in [-0.05, 0) is 68.4 Å². The molecule has 3 amide bonds. The SMILES string of the molecule is Cc1ccccc1C(=O)NNC(=O)N1CC2CC3CC(C2)CC1C3. The summed E-state index contributed by atoms with van der Waals surface area (Å²) in [6.07, 6.45) is 6.16. The van der Waals surface area contributed by atoms with Crippen LogP contribution in [0.25, 0.3) is 0 Å². The van der Waals surface area contributed by atoms with Crippen molar-refractivity contribution in [1.82, 2.24) is 15.8 Å². The van der Waals surface area contributed by atoms with E-state index < -0.39 is 0 Å². The second kappa shape index (κ2) is 6.11. The van der Waals surface area contributed by atoms with Crippen molar-refractivity contribution in [2.45, 2.75) is 45.1 Å². The number of fused-ring (bicyclic) bond motifs is 1. The molecule has 4 bridgehead atoms. The maximum Gasteiger partial charge on any atom is 0.336 e. The topological polar surface area (TPSA) is 61.4 Å². The molecular weight excluding hydrogens is 302 g/mol. The average Bonchev–Trinajstić information content (AvgIpc) is 2.76. The van der Waals surface area contributed by atoms with Gasteiger partial charge in [-0.1, -0.05) is 18.2 Å². The molecule has 2 N–H and O–H groups in total. The minimum absolute atomic E-state index is 0.157. The normalized spacial score (nSPS) is 30.8. The second-order valence-electron chi connectivity index (χ2n) is 7.78. The summed E-state index contributed by atoms with van der Waals surface area (Å²) in [7, 11) is 0. The van der Waals surface area contributed by atoms with Gasteiger partial charge >= 0.3 is 6.03 Å². The zero-order chi connectivity index (χ0) is 16.7. The summed E-state index contributed by atoms with van der Waals surface area (Å²) in [6, 6.07) is 7.57. The first-order chi connectivity index (χ1) is 11.6. The van der Waals surface area contributed by atoms with Crippen LogP contribution in [0.2, 0.25) is 0 Å². The molecule has 2 aliphatic carbocycles. The average molecular weight is 327 g/mol. The Balaban J connectivity index is 1.40. The number of carbonyl (C=O) groups is 2. The number of nitrogens with zero attached hydrogens (tertiary/aromatic N) is 1. The zero-order valence-electron chi connectivity index (χ0n) is 14.1. The molecule has 2 atom stereocenters. The van der Waals surface area contributed by atoms with Crippen molar-refractivity contribution >= 4 is 11.9 Å². The van der Waals surface area contributed by atoms with Crippen molar-refractivity contribution in [2.75, 3.05) is 6.54 Å². The number of hydrazine groups is 1. The second-order valence-corrected chi connectivity index (χ2v) is 7.78. The van der Waals surface area contributed by atoms with Crippen LogP contribution < -0.4 is 10.9 Å². The molecule has 4 fully saturated rings. The number of hydrogen-bond acceptors (Lipinski definition) is 2. The lowest BCUT2D eigenvalue weighted by Gasteiger charge is -2.38. The minimum Gasteiger partial charge on any atom is -0.320 e. The van der Waals surface area contributed by atoms with Gasteiger partial charge < -0.3 is 4.90 Å². The van der Waals surface area contributed by atoms with Crippen molar-refractivity contribution in [2.24, 2.45) is 17.8 Å². The molecule has 5 nitrogen and oxygen atoms in total. The van der Waals surface area contributed by atoms with Gasteiger partial charge in [-0.15, -0.1) is 0 Å². The number of benzene rings is 1. The number of urea groups is 1. The van der Waals surface area contributed by atoms with E-state index >= 15 is 0 Å². The highest BCUT2D eigenvalue weighted by atomic mass is 16.2. The van der Waals surface area contributed by atoms with E-state index in [1.165, 1.54) is 19.3 Å². The van der Waals surface area contributed by atoms with E-state index in [9.17, 15) is 9.59 Å². The van der Waals surface area contributed by atoms with Gasteiger partial charge in [-0.3, -0.25) is 10.2 Å². The molecule has 4 aliphatic rings. The first kappa shape index (κ1) is 15.5. The fourth-order valence-corrected chi connectivity index (χ4v) is 5.11. The smallest absolute Gasteiger partial charge is 0.320 e. The van der Waals surface area contributed by atoms with E-state index in [0.717, 1.165) is 36.8 Å². The van der Waals surface area contributed by atoms with Gasteiger partial charge in [0.2, 0.25) is 0 Å². The van der Waals surface area contributed by atoms with Crippen LogP contribution >= 0.6 is 0 Å². The fourth-order valence-electron chi connectivity index (χ4n) is 5.11. The van der Waals surface area contributed by atoms with Crippen molar-refractivity contribution in [3.63, 3.8) is 0 Å². The standard InChI is InChI=1S/C19H25N3O2/c1-12-4-2-3-5-17(12)18(23)20-21-19(24)22-11-15-7-13-6-14(8-15)10-16(22)9-13/h2-5,13-16H,6-11H2,1H3,(H,20,23)(H,21,24). The van der Waals surface area contributed by atoms with E-state index in [1.54, 1.807) is 6.07 Å². The number of hydrogen-bond donors (Lipinski definition) is 2. The number of rotatable bonds is 1. The van der Waals surface area contributed by atoms with Crippen molar-refractivity contribution < 1.29 is 9.59 Å². The largest absolute Gasteiger partial charge is 0.336 e. The summed E-state index contributed by atoms with van der Waals surface area (Å²) >= 11 is 0. The highest BCUT2D eigenvalue weighted by molar-refractivity contribution is 5.96. The molecule has 2 unspecified atom stereocenters. The van der Waals surface area contributed by atoms with Crippen LogP contribution in [0.3, 0.4) is 0 Å². The molecule has 24 heavy (non-hydrogen) atoms. The van der Waals surface area contributed by atoms with Gasteiger partial charge in [0.15, 0.2) is 0 Å². The highest BCUT2D eigenvalue weighted by Gasteiger charge is 2.44. The van der Waals surface area contributed by atoms with Crippen LogP contribution in [0.15, 0.2) is 24.3 Å². The van der Waals surface area contributed by atoms with Crippen LogP contribution in [-0.2, 0) is 0 Å². The van der Waals surface area contributed by atoms with Crippen LogP contribution in [0.5, 0.6) is 0 Å². The number of carbonyl (C=O) groups excluding carboxylic acids is 2. The van der Waals surface area contributed by atoms with Gasteiger partial charge in [0.1, 0.15) is 0 Å². The molecule has 2 aliphatic heterocycles. The fraction of sp³-hybridized carbons (Fsp3) is 0.579. The quantitative estimate of drug-likeness (QED) is 0.779. The Bertz CT molecular complexity index is 646. The summed E-state index contributed by atoms with van der Waals surface area (Å²) < 4.78 is 0. The van der Waals surface area contributed by atoms with E-state index in [4.69, 9.17) is 0 Å². The van der Waals surface area contributed by atoms with Crippen molar-refractivity contribution in [3.05, 3.63) is 35.4 Å². The lowest BCUT2D eigenvalue weighted by atomic mass is 9.68. The van der Waals surface area contributed by atoms with Crippen LogP contribution in [0, 0.1) is 24.7 Å². The zero-order valence-corrected chi connectivity index (χ0v) is 14.1. The predicted molar refractivity (Wildman–Crippen MR) is 91.2 cm³/mol. The third-order valence-electron chi connectivity index (χ3n) is 6.04. The van der Waals surface area contributed by atoms with E-state index in [0.29, 0.717) is 17.5 Å². The number of aryl methyl sites for hydroxylation is 1. The Morgan fingerprint density at radius 3 is 2.33 bits per heavy atom. The summed E-state index contributed by atoms with van der Waals surface area (Å²) in [5, 5.41) is 0. The Kier molecular flexibility index (Phi) is 3.94. The van der Waals surface area contributed by atoms with Crippen LogP contribution in [0.4, 0.5) is 4.79 Å². The maximum absolute atomic E-state index is 12.6. The molecule has 0 aromatic heterocycles. The summed E-state index contributed by atoms with van der Waals surface area (Å²) in [6.45, 7) is 2.73. The molecular formula is C19H25N3O2. The number of amides is 3. The van der Waals surface area contributed by atoms with Crippen LogP contribution in [0.1, 0.15) is 48.0 Å². The molecule has 2 saturated heterocycles. The summed E-state index contributed by atoms with van der Waals surface area (Å²) in [5.41, 5.74) is 6.70. The Hall–Kier alpha value is -2.04. The summed E-state index contributed by atoms with van der Waals surface area (Å²) in [4.78, 5) is 26.9. The summed E-state index contributed by atoms with van der Waals surface area (Å²) in [5.74, 6) is 1.97. The molecule has 1 aromatic carbocycles. The van der Waals surface area contributed by atoms with Crippen molar-refractivity contribution in [1.29, 1.82) is 0 Å². The molecule has 5 rings (SSSR count).